The Kier molecular flexibility index (Phi) is 4.29. The molecule has 0 aromatic heterocycles. The molecule has 5 heteroatoms. The van der Waals surface area contributed by atoms with Crippen molar-refractivity contribution in [2.24, 2.45) is 0 Å². The number of aliphatic hydroxyl groups is 1. The highest BCUT2D eigenvalue weighted by Gasteiger charge is 2.38. The van der Waals surface area contributed by atoms with E-state index in [1.165, 1.54) is 19.3 Å². The number of hydrogen-bond donors (Lipinski definition) is 1. The lowest BCUT2D eigenvalue weighted by Gasteiger charge is -2.31. The summed E-state index contributed by atoms with van der Waals surface area (Å²) < 4.78 is 24.3. The second-order valence-corrected chi connectivity index (χ2v) is 4.26. The zero-order chi connectivity index (χ0) is 13.8. The van der Waals surface area contributed by atoms with E-state index < -0.39 is 30.5 Å². The Morgan fingerprint density at radius 3 is 2.68 bits per heavy atom. The zero-order valence-electron chi connectivity index (χ0n) is 10.4. The van der Waals surface area contributed by atoms with E-state index in [4.69, 9.17) is 9.47 Å². The van der Waals surface area contributed by atoms with Crippen LogP contribution in [-0.4, -0.2) is 36.5 Å². The average Bonchev–Trinajstić information content (AvgIpc) is 2.46. The van der Waals surface area contributed by atoms with Gasteiger partial charge in [-0.3, -0.25) is 0 Å². The molecular weight excluding hydrogens is 251 g/mol. The van der Waals surface area contributed by atoms with Crippen molar-refractivity contribution in [3.05, 3.63) is 48.0 Å². The van der Waals surface area contributed by atoms with E-state index in [0.29, 0.717) is 5.56 Å². The number of hydrogen-bond acceptors (Lipinski definition) is 4. The molecule has 0 bridgehead atoms. The lowest BCUT2D eigenvalue weighted by atomic mass is 9.97. The molecule has 0 spiro atoms. The smallest absolute Gasteiger partial charge is 0.330 e. The van der Waals surface area contributed by atoms with Crippen molar-refractivity contribution in [2.75, 3.05) is 7.11 Å². The summed E-state index contributed by atoms with van der Waals surface area (Å²) in [6.45, 7) is 0. The fourth-order valence-corrected chi connectivity index (χ4v) is 2.00. The summed E-state index contributed by atoms with van der Waals surface area (Å²) in [5, 5.41) is 10.0. The maximum Gasteiger partial charge on any atom is 0.330 e. The van der Waals surface area contributed by atoms with Gasteiger partial charge in [-0.2, -0.15) is 0 Å². The van der Waals surface area contributed by atoms with Crippen LogP contribution in [0.4, 0.5) is 4.39 Å². The average molecular weight is 266 g/mol. The van der Waals surface area contributed by atoms with Gasteiger partial charge < -0.3 is 14.6 Å². The normalized spacial score (nSPS) is 25.7. The molecule has 0 amide bonds. The van der Waals surface area contributed by atoms with Crippen LogP contribution in [-0.2, 0) is 14.3 Å². The summed E-state index contributed by atoms with van der Waals surface area (Å²) >= 11 is 0. The van der Waals surface area contributed by atoms with Gasteiger partial charge in [-0.1, -0.05) is 30.3 Å². The van der Waals surface area contributed by atoms with E-state index in [1.54, 1.807) is 30.3 Å². The van der Waals surface area contributed by atoms with Crippen LogP contribution < -0.4 is 0 Å². The molecule has 0 saturated carbocycles. The molecule has 1 aliphatic rings. The lowest BCUT2D eigenvalue weighted by Crippen LogP contribution is -2.45. The van der Waals surface area contributed by atoms with E-state index in [-0.39, 0.29) is 0 Å². The molecule has 102 valence electrons. The van der Waals surface area contributed by atoms with E-state index in [9.17, 15) is 14.3 Å². The number of esters is 1. The summed E-state index contributed by atoms with van der Waals surface area (Å²) in [5.74, 6) is -0.613. The minimum atomic E-state index is -1.65. The van der Waals surface area contributed by atoms with Gasteiger partial charge in [-0.15, -0.1) is 0 Å². The van der Waals surface area contributed by atoms with Gasteiger partial charge in [0.05, 0.1) is 0 Å². The number of carbonyl (C=O) groups excluding carboxylic acids is 1. The van der Waals surface area contributed by atoms with Gasteiger partial charge in [0.15, 0.2) is 12.3 Å². The van der Waals surface area contributed by atoms with Crippen LogP contribution >= 0.6 is 0 Å². The minimum Gasteiger partial charge on any atom is -0.453 e. The van der Waals surface area contributed by atoms with Gasteiger partial charge >= 0.3 is 5.97 Å². The largest absolute Gasteiger partial charge is 0.453 e. The van der Waals surface area contributed by atoms with Crippen molar-refractivity contribution in [1.29, 1.82) is 0 Å². The number of ether oxygens (including phenoxy) is 2. The third-order valence-corrected chi connectivity index (χ3v) is 3.02. The van der Waals surface area contributed by atoms with Crippen LogP contribution in [0.2, 0.25) is 0 Å². The fraction of sp³-hybridized carbons (Fsp3) is 0.357. The first-order valence-corrected chi connectivity index (χ1v) is 5.92. The highest BCUT2D eigenvalue weighted by Crippen LogP contribution is 2.28. The predicted octanol–water partition coefficient (Wildman–Crippen LogP) is 1.55. The topological polar surface area (TPSA) is 55.8 Å². The number of rotatable bonds is 4. The van der Waals surface area contributed by atoms with Gasteiger partial charge in [0, 0.05) is 13.2 Å². The maximum atomic E-state index is 14.2. The summed E-state index contributed by atoms with van der Waals surface area (Å²) in [7, 11) is 1.41. The van der Waals surface area contributed by atoms with Crippen LogP contribution in [0.25, 0.3) is 0 Å². The Hall–Kier alpha value is -1.72. The number of aliphatic hydroxyl groups excluding tert-OH is 1. The molecule has 1 heterocycles. The Labute approximate surface area is 110 Å². The Morgan fingerprint density at radius 2 is 2.05 bits per heavy atom. The fourth-order valence-electron chi connectivity index (χ4n) is 2.00. The van der Waals surface area contributed by atoms with Crippen LogP contribution in [0.15, 0.2) is 42.5 Å². The molecule has 0 unspecified atom stereocenters. The standard InChI is InChI=1S/C14H15FO4/c1-18-10-7-8-11(16)19-14(10)13(17)12(15)9-5-3-2-4-6-9/h2-8,10,12-14,17H,1H3/t10-,12+,13-,14+/m0/s1. The third kappa shape index (κ3) is 3.00. The quantitative estimate of drug-likeness (QED) is 0.840. The SMILES string of the molecule is CO[C@H]1C=CC(=O)O[C@H]1[C@@H](O)[C@H](F)c1ccccc1. The Morgan fingerprint density at radius 1 is 1.37 bits per heavy atom. The van der Waals surface area contributed by atoms with Gasteiger partial charge in [-0.25, -0.2) is 9.18 Å². The molecule has 0 saturated heterocycles. The molecule has 1 aromatic carbocycles. The van der Waals surface area contributed by atoms with Crippen LogP contribution in [0, 0.1) is 0 Å². The van der Waals surface area contributed by atoms with Crippen molar-refractivity contribution in [2.45, 2.75) is 24.5 Å². The van der Waals surface area contributed by atoms with Crippen LogP contribution in [0.1, 0.15) is 11.7 Å². The first-order chi connectivity index (χ1) is 9.13. The highest BCUT2D eigenvalue weighted by atomic mass is 19.1. The molecule has 0 fully saturated rings. The second kappa shape index (κ2) is 5.95. The molecule has 2 rings (SSSR count). The van der Waals surface area contributed by atoms with E-state index >= 15 is 0 Å². The molecule has 0 aliphatic carbocycles. The van der Waals surface area contributed by atoms with E-state index in [2.05, 4.69) is 0 Å². The molecule has 19 heavy (non-hydrogen) atoms. The second-order valence-electron chi connectivity index (χ2n) is 4.26. The zero-order valence-corrected chi connectivity index (χ0v) is 10.4. The lowest BCUT2D eigenvalue weighted by molar-refractivity contribution is -0.165. The van der Waals surface area contributed by atoms with Crippen LogP contribution in [0.3, 0.4) is 0 Å². The predicted molar refractivity (Wildman–Crippen MR) is 66.1 cm³/mol. The number of alkyl halides is 1. The van der Waals surface area contributed by atoms with Crippen molar-refractivity contribution in [1.82, 2.24) is 0 Å². The molecule has 1 aromatic rings. The highest BCUT2D eigenvalue weighted by molar-refractivity contribution is 5.83. The van der Waals surface area contributed by atoms with Crippen molar-refractivity contribution < 1.29 is 23.8 Å². The third-order valence-electron chi connectivity index (χ3n) is 3.02. The van der Waals surface area contributed by atoms with Crippen molar-refractivity contribution in [3.63, 3.8) is 0 Å². The van der Waals surface area contributed by atoms with E-state index in [1.807, 2.05) is 0 Å². The minimum absolute atomic E-state index is 0.329. The molecule has 4 atom stereocenters. The van der Waals surface area contributed by atoms with Gasteiger partial charge in [0.25, 0.3) is 0 Å². The first-order valence-electron chi connectivity index (χ1n) is 5.92. The number of methoxy groups -OCH3 is 1. The maximum absolute atomic E-state index is 14.2. The number of halogens is 1. The molecule has 1 N–H and O–H groups in total. The first kappa shape index (κ1) is 13.7. The van der Waals surface area contributed by atoms with Crippen molar-refractivity contribution in [3.8, 4) is 0 Å². The summed E-state index contributed by atoms with van der Waals surface area (Å²) in [4.78, 5) is 11.2. The van der Waals surface area contributed by atoms with Crippen LogP contribution in [0.5, 0.6) is 0 Å². The van der Waals surface area contributed by atoms with Gasteiger partial charge in [0.2, 0.25) is 0 Å². The Bertz CT molecular complexity index is 460. The number of cyclic esters (lactones) is 1. The summed E-state index contributed by atoms with van der Waals surface area (Å²) in [5.41, 5.74) is 0.329. The monoisotopic (exact) mass is 266 g/mol. The van der Waals surface area contributed by atoms with E-state index in [0.717, 1.165) is 0 Å². The van der Waals surface area contributed by atoms with Gasteiger partial charge in [0.1, 0.15) is 12.2 Å². The molecular formula is C14H15FO4. The summed E-state index contributed by atoms with van der Waals surface area (Å²) in [6, 6.07) is 8.24. The Balaban J connectivity index is 2.16. The molecule has 1 aliphatic heterocycles. The number of benzene rings is 1. The van der Waals surface area contributed by atoms with Crippen molar-refractivity contribution >= 4 is 5.97 Å². The summed E-state index contributed by atoms with van der Waals surface area (Å²) in [6.07, 6.45) is -2.19. The molecule has 4 nitrogen and oxygen atoms in total. The number of carbonyl (C=O) groups is 1. The van der Waals surface area contributed by atoms with Gasteiger partial charge in [-0.05, 0) is 11.6 Å². The molecule has 0 radical (unpaired) electrons.